The fourth-order valence-corrected chi connectivity index (χ4v) is 4.84. The highest BCUT2D eigenvalue weighted by atomic mass is 32.2. The van der Waals surface area contributed by atoms with Gasteiger partial charge in [0.25, 0.3) is 0 Å². The molecule has 1 N–H and O–H groups in total. The van der Waals surface area contributed by atoms with Gasteiger partial charge in [-0.15, -0.1) is 0 Å². The van der Waals surface area contributed by atoms with Gasteiger partial charge >= 0.3 is 0 Å². The van der Waals surface area contributed by atoms with Crippen molar-refractivity contribution in [2.45, 2.75) is 57.7 Å². The number of hydrogen-bond acceptors (Lipinski definition) is 5. The SMILES string of the molecule is CN(CC(=O)NC(C)(C)C)CC(=O)N(C1CC1)[C@@H]1CCS(=O)(=O)C1. The number of rotatable bonds is 6. The van der Waals surface area contributed by atoms with E-state index in [1.54, 1.807) is 16.8 Å². The van der Waals surface area contributed by atoms with Crippen LogP contribution in [0, 0.1) is 0 Å². The Bertz CT molecular complexity index is 593. The van der Waals surface area contributed by atoms with E-state index in [1.165, 1.54) is 0 Å². The molecule has 1 saturated heterocycles. The summed E-state index contributed by atoms with van der Waals surface area (Å²) >= 11 is 0. The first-order valence-electron chi connectivity index (χ1n) is 8.48. The molecule has 0 radical (unpaired) electrons. The van der Waals surface area contributed by atoms with Gasteiger partial charge in [-0.2, -0.15) is 0 Å². The van der Waals surface area contributed by atoms with E-state index in [4.69, 9.17) is 0 Å². The van der Waals surface area contributed by atoms with Gasteiger partial charge in [-0.05, 0) is 47.1 Å². The maximum Gasteiger partial charge on any atom is 0.237 e. The molecule has 2 amide bonds. The van der Waals surface area contributed by atoms with Crippen molar-refractivity contribution in [3.8, 4) is 0 Å². The number of carbonyl (C=O) groups excluding carboxylic acids is 2. The van der Waals surface area contributed by atoms with Gasteiger partial charge in [-0.25, -0.2) is 8.42 Å². The van der Waals surface area contributed by atoms with Crippen LogP contribution in [-0.4, -0.2) is 79.3 Å². The lowest BCUT2D eigenvalue weighted by molar-refractivity contribution is -0.135. The molecule has 1 aliphatic heterocycles. The van der Waals surface area contributed by atoms with Crippen LogP contribution in [0.1, 0.15) is 40.0 Å². The molecule has 2 rings (SSSR count). The highest BCUT2D eigenvalue weighted by molar-refractivity contribution is 7.91. The third-order valence-electron chi connectivity index (χ3n) is 4.16. The second kappa shape index (κ2) is 7.00. The van der Waals surface area contributed by atoms with Crippen LogP contribution in [0.25, 0.3) is 0 Å². The average molecular weight is 359 g/mol. The third kappa shape index (κ3) is 5.73. The van der Waals surface area contributed by atoms with Crippen LogP contribution in [0.5, 0.6) is 0 Å². The normalized spacial score (nSPS) is 23.3. The lowest BCUT2D eigenvalue weighted by atomic mass is 10.1. The first-order chi connectivity index (χ1) is 11.0. The quantitative estimate of drug-likeness (QED) is 0.722. The van der Waals surface area contributed by atoms with E-state index in [0.29, 0.717) is 6.42 Å². The number of likely N-dealkylation sites (N-methyl/N-ethyl adjacent to an activating group) is 1. The zero-order valence-corrected chi connectivity index (χ0v) is 15.9. The summed E-state index contributed by atoms with van der Waals surface area (Å²) in [6, 6.07) is -0.0283. The molecule has 138 valence electrons. The van der Waals surface area contributed by atoms with Crippen molar-refractivity contribution in [1.29, 1.82) is 0 Å². The second-order valence-electron chi connectivity index (χ2n) is 8.06. The topological polar surface area (TPSA) is 86.8 Å². The van der Waals surface area contributed by atoms with Gasteiger partial charge in [0, 0.05) is 17.6 Å². The molecular weight excluding hydrogens is 330 g/mol. The third-order valence-corrected chi connectivity index (χ3v) is 5.91. The molecule has 2 fully saturated rings. The summed E-state index contributed by atoms with van der Waals surface area (Å²) in [6.45, 7) is 6.00. The lowest BCUT2D eigenvalue weighted by Gasteiger charge is -2.30. The number of sulfone groups is 1. The van der Waals surface area contributed by atoms with Crippen molar-refractivity contribution in [2.75, 3.05) is 31.6 Å². The molecule has 0 aromatic rings. The summed E-state index contributed by atoms with van der Waals surface area (Å²) in [7, 11) is -1.29. The van der Waals surface area contributed by atoms with Crippen molar-refractivity contribution < 1.29 is 18.0 Å². The van der Waals surface area contributed by atoms with E-state index in [9.17, 15) is 18.0 Å². The van der Waals surface area contributed by atoms with Crippen LogP contribution < -0.4 is 5.32 Å². The molecule has 7 nitrogen and oxygen atoms in total. The summed E-state index contributed by atoms with van der Waals surface area (Å²) in [4.78, 5) is 28.1. The zero-order valence-electron chi connectivity index (χ0n) is 15.0. The maximum absolute atomic E-state index is 12.7. The Kier molecular flexibility index (Phi) is 5.59. The van der Waals surface area contributed by atoms with Gasteiger partial charge in [0.2, 0.25) is 11.8 Å². The molecule has 0 bridgehead atoms. The molecule has 1 aliphatic carbocycles. The summed E-state index contributed by atoms with van der Waals surface area (Å²) in [6.07, 6.45) is 2.41. The number of nitrogens with one attached hydrogen (secondary N) is 1. The Balaban J connectivity index is 1.90. The van der Waals surface area contributed by atoms with Gasteiger partial charge in [-0.1, -0.05) is 0 Å². The van der Waals surface area contributed by atoms with Crippen LogP contribution in [0.3, 0.4) is 0 Å². The fourth-order valence-electron chi connectivity index (χ4n) is 3.12. The summed E-state index contributed by atoms with van der Waals surface area (Å²) in [5.74, 6) is 0.0337. The number of nitrogens with zero attached hydrogens (tertiary/aromatic N) is 2. The zero-order chi connectivity index (χ0) is 18.1. The van der Waals surface area contributed by atoms with Crippen molar-refractivity contribution in [1.82, 2.24) is 15.1 Å². The first kappa shape index (κ1) is 19.2. The van der Waals surface area contributed by atoms with E-state index < -0.39 is 9.84 Å². The molecule has 0 spiro atoms. The summed E-state index contributed by atoms with van der Waals surface area (Å²) < 4.78 is 23.4. The highest BCUT2D eigenvalue weighted by Gasteiger charge is 2.42. The van der Waals surface area contributed by atoms with Crippen molar-refractivity contribution in [2.24, 2.45) is 0 Å². The smallest absolute Gasteiger partial charge is 0.237 e. The van der Waals surface area contributed by atoms with Gasteiger partial charge in [0.15, 0.2) is 9.84 Å². The summed E-state index contributed by atoms with van der Waals surface area (Å²) in [5.41, 5.74) is -0.305. The molecule has 1 saturated carbocycles. The second-order valence-corrected chi connectivity index (χ2v) is 10.3. The minimum Gasteiger partial charge on any atom is -0.350 e. The molecule has 1 heterocycles. The van der Waals surface area contributed by atoms with Crippen LogP contribution in [0.4, 0.5) is 0 Å². The Hall–Kier alpha value is -1.15. The lowest BCUT2D eigenvalue weighted by Crippen LogP contribution is -2.49. The number of hydrogen-bond donors (Lipinski definition) is 1. The van der Waals surface area contributed by atoms with Gasteiger partial charge in [0.1, 0.15) is 0 Å². The number of carbonyl (C=O) groups is 2. The van der Waals surface area contributed by atoms with Crippen molar-refractivity contribution in [3.05, 3.63) is 0 Å². The molecule has 0 aromatic carbocycles. The Labute approximate surface area is 144 Å². The summed E-state index contributed by atoms with van der Waals surface area (Å²) in [5, 5.41) is 2.87. The van der Waals surface area contributed by atoms with E-state index in [0.717, 1.165) is 12.8 Å². The van der Waals surface area contributed by atoms with Crippen LogP contribution >= 0.6 is 0 Å². The standard InChI is InChI=1S/C16H29N3O4S/c1-16(2,3)17-14(20)9-18(4)10-15(21)19(12-5-6-12)13-7-8-24(22,23)11-13/h12-13H,5-11H2,1-4H3,(H,17,20)/t13-/m1/s1. The molecule has 0 unspecified atom stereocenters. The average Bonchev–Trinajstić information content (AvgIpc) is 3.11. The monoisotopic (exact) mass is 359 g/mol. The number of amides is 2. The Morgan fingerprint density at radius 3 is 2.17 bits per heavy atom. The van der Waals surface area contributed by atoms with E-state index in [1.807, 2.05) is 20.8 Å². The van der Waals surface area contributed by atoms with Crippen LogP contribution in [0.2, 0.25) is 0 Å². The Morgan fingerprint density at radius 2 is 1.71 bits per heavy atom. The van der Waals surface area contributed by atoms with E-state index in [2.05, 4.69) is 5.32 Å². The molecular formula is C16H29N3O4S. The van der Waals surface area contributed by atoms with Crippen molar-refractivity contribution >= 4 is 21.7 Å². The maximum atomic E-state index is 12.7. The molecule has 0 aromatic heterocycles. The largest absolute Gasteiger partial charge is 0.350 e. The first-order valence-corrected chi connectivity index (χ1v) is 10.3. The minimum atomic E-state index is -3.02. The molecule has 8 heteroatoms. The molecule has 1 atom stereocenters. The highest BCUT2D eigenvalue weighted by Crippen LogP contribution is 2.32. The molecule has 24 heavy (non-hydrogen) atoms. The predicted molar refractivity (Wildman–Crippen MR) is 92.3 cm³/mol. The van der Waals surface area contributed by atoms with E-state index in [-0.39, 0.29) is 54.0 Å². The van der Waals surface area contributed by atoms with Gasteiger partial charge in [-0.3, -0.25) is 14.5 Å². The van der Waals surface area contributed by atoms with E-state index >= 15 is 0 Å². The van der Waals surface area contributed by atoms with Gasteiger partial charge in [0.05, 0.1) is 24.6 Å². The molecule has 2 aliphatic rings. The van der Waals surface area contributed by atoms with Crippen molar-refractivity contribution in [3.63, 3.8) is 0 Å². The Morgan fingerprint density at radius 1 is 1.08 bits per heavy atom. The fraction of sp³-hybridized carbons (Fsp3) is 0.875. The van der Waals surface area contributed by atoms with Crippen LogP contribution in [0.15, 0.2) is 0 Å². The predicted octanol–water partition coefficient (Wildman–Crippen LogP) is 0.0110. The van der Waals surface area contributed by atoms with Crippen LogP contribution in [-0.2, 0) is 19.4 Å². The van der Waals surface area contributed by atoms with Gasteiger partial charge < -0.3 is 10.2 Å². The minimum absolute atomic E-state index is 0.0729.